The number of nitrogens with zero attached hydrogens (tertiary/aromatic N) is 5. The number of imidazole rings is 1. The number of pyridine rings is 1. The van der Waals surface area contributed by atoms with Crippen LogP contribution in [0.4, 0.5) is 11.5 Å². The van der Waals surface area contributed by atoms with Crippen LogP contribution in [-0.2, 0) is 26.5 Å². The minimum Gasteiger partial charge on any atom is -0.510 e. The molecule has 2 aliphatic rings. The van der Waals surface area contributed by atoms with Gasteiger partial charge in [0.25, 0.3) is 0 Å². The summed E-state index contributed by atoms with van der Waals surface area (Å²) in [6.45, 7) is 10.8. The van der Waals surface area contributed by atoms with Crippen LogP contribution in [0.1, 0.15) is 37.5 Å². The molecule has 0 atom stereocenters. The molecule has 2 aliphatic heterocycles. The van der Waals surface area contributed by atoms with Crippen LogP contribution in [0.25, 0.3) is 77.7 Å². The molecule has 0 radical (unpaired) electrons. The number of anilines is 2. The molecule has 0 unspecified atom stereocenters. The van der Waals surface area contributed by atoms with Crippen molar-refractivity contribution in [2.45, 2.75) is 40.0 Å². The number of fused-ring (bicyclic) bond motifs is 19. The second kappa shape index (κ2) is 15.8. The van der Waals surface area contributed by atoms with Crippen molar-refractivity contribution in [1.29, 1.82) is 0 Å². The van der Waals surface area contributed by atoms with Crippen molar-refractivity contribution in [3.8, 4) is 56.4 Å². The van der Waals surface area contributed by atoms with E-state index in [9.17, 15) is 0 Å². The van der Waals surface area contributed by atoms with Gasteiger partial charge in [0, 0.05) is 49.2 Å². The van der Waals surface area contributed by atoms with Gasteiger partial charge >= 0.3 is 6.98 Å². The van der Waals surface area contributed by atoms with E-state index in [1.165, 1.54) is 5.56 Å². The molecule has 6 nitrogen and oxygen atoms in total. The number of hydrogen-bond acceptors (Lipinski definition) is 3. The van der Waals surface area contributed by atoms with Gasteiger partial charge in [-0.2, -0.15) is 18.2 Å². The van der Waals surface area contributed by atoms with E-state index in [0.717, 1.165) is 106 Å². The topological polar surface area (TPSA) is 39.1 Å². The Morgan fingerprint density at radius 2 is 1.15 bits per heavy atom. The zero-order valence-electron chi connectivity index (χ0n) is 38.3. The maximum Gasteiger partial charge on any atom is 0.525 e. The van der Waals surface area contributed by atoms with Gasteiger partial charge in [0.2, 0.25) is 6.33 Å². The van der Waals surface area contributed by atoms with E-state index in [1.54, 1.807) is 0 Å². The van der Waals surface area contributed by atoms with Crippen molar-refractivity contribution in [3.05, 3.63) is 211 Å². The number of benzene rings is 8. The van der Waals surface area contributed by atoms with E-state index in [0.29, 0.717) is 11.5 Å². The fraction of sp³-hybridized carbons (Fsp3) is 0.100. The maximum atomic E-state index is 6.74. The number of rotatable bonds is 1. The summed E-state index contributed by atoms with van der Waals surface area (Å²) in [6, 6.07) is 70.6. The van der Waals surface area contributed by atoms with E-state index in [4.69, 9.17) is 9.72 Å². The summed E-state index contributed by atoms with van der Waals surface area (Å²) in [5.74, 6) is 2.77. The summed E-state index contributed by atoms with van der Waals surface area (Å²) in [4.78, 5) is 8.39. The normalized spacial score (nSPS) is 12.7. The molecular weight excluding hydrogens is 1010 g/mol. The van der Waals surface area contributed by atoms with Gasteiger partial charge in [0.1, 0.15) is 11.6 Å². The van der Waals surface area contributed by atoms with Gasteiger partial charge in [-0.15, -0.1) is 29.7 Å². The van der Waals surface area contributed by atoms with Crippen molar-refractivity contribution < 1.29 is 30.3 Å². The Labute approximate surface area is 411 Å². The third kappa shape index (κ3) is 6.43. The molecule has 13 rings (SSSR count). The van der Waals surface area contributed by atoms with Gasteiger partial charge in [0.15, 0.2) is 0 Å². The molecule has 3 aromatic heterocycles. The van der Waals surface area contributed by atoms with Gasteiger partial charge in [-0.25, -0.2) is 4.98 Å². The Balaban J connectivity index is 0.00000480. The SMILES string of the molecule is Cc1cccc(C)c1N1B2c3ccccc3-c3ccccc3-c3ccccc3-c3cccc4c3[n+]2[c-]n4-c2[c-]c(ccc2)Oc2[c-]c3c(cc2)c2ccccc2n3-c2cc(C(C)(C)C)cc1n2.[Pt]. The summed E-state index contributed by atoms with van der Waals surface area (Å²) in [7, 11) is 0. The molecule has 0 spiro atoms. The summed E-state index contributed by atoms with van der Waals surface area (Å²) in [6.07, 6.45) is 4.03. The van der Waals surface area contributed by atoms with Crippen molar-refractivity contribution >= 4 is 56.8 Å². The van der Waals surface area contributed by atoms with Crippen LogP contribution in [0.5, 0.6) is 11.5 Å². The van der Waals surface area contributed by atoms with Crippen molar-refractivity contribution in [3.63, 3.8) is 0 Å². The van der Waals surface area contributed by atoms with Crippen LogP contribution in [-0.4, -0.2) is 21.1 Å². The molecule has 8 aromatic carbocycles. The second-order valence-electron chi connectivity index (χ2n) is 18.9. The molecule has 0 fully saturated rings. The molecule has 5 heterocycles. The molecule has 0 amide bonds. The zero-order chi connectivity index (χ0) is 45.1. The van der Waals surface area contributed by atoms with Gasteiger partial charge in [-0.3, -0.25) is 0 Å². The Hall–Kier alpha value is -7.47. The predicted octanol–water partition coefficient (Wildman–Crippen LogP) is 13.2. The number of aromatic nitrogens is 4. The fourth-order valence-electron chi connectivity index (χ4n) is 10.7. The number of ether oxygens (including phenoxy) is 1. The summed E-state index contributed by atoms with van der Waals surface area (Å²) < 4.78 is 13.5. The average molecular weight is 1060 g/mol. The Morgan fingerprint density at radius 1 is 0.559 bits per heavy atom. The van der Waals surface area contributed by atoms with Gasteiger partial charge in [-0.05, 0) is 92.9 Å². The molecule has 0 N–H and O–H groups in total. The number of hydrogen-bond donors (Lipinski definition) is 0. The third-order valence-corrected chi connectivity index (χ3v) is 13.7. The van der Waals surface area contributed by atoms with Crippen molar-refractivity contribution in [2.75, 3.05) is 4.81 Å². The minimum absolute atomic E-state index is 0. The average Bonchev–Trinajstić information content (AvgIpc) is 3.89. The standard InChI is InChI=1S/C60H44BN5O.Pt/c1-38-17-14-18-39(2)58(38)66-57-34-40(60(3,4)5)33-56(62-57)65-53-29-13-11-26-49(53)50-32-31-43(36-55(50)65)67-42-20-15-19-41(35-42)63-37-64-59-51(27-16-30-54(59)63)47-24-9-7-22-45(47)44-21-6-8-23-46(44)48-25-10-12-28-52(48)61(64)66;/h6-34H,1-5H3;/q-2;. The van der Waals surface area contributed by atoms with Crippen LogP contribution in [0.15, 0.2) is 176 Å². The Bertz CT molecular complexity index is 3820. The van der Waals surface area contributed by atoms with Gasteiger partial charge in [0.05, 0.1) is 11.0 Å². The van der Waals surface area contributed by atoms with E-state index < -0.39 is 6.98 Å². The summed E-state index contributed by atoms with van der Waals surface area (Å²) >= 11 is 0. The van der Waals surface area contributed by atoms with Crippen molar-refractivity contribution in [2.24, 2.45) is 0 Å². The molecule has 8 heteroatoms. The summed E-state index contributed by atoms with van der Waals surface area (Å²) in [5.41, 5.74) is 16.9. The first-order valence-electron chi connectivity index (χ1n) is 23.0. The second-order valence-corrected chi connectivity index (χ2v) is 18.9. The maximum absolute atomic E-state index is 6.74. The molecule has 0 aliphatic carbocycles. The third-order valence-electron chi connectivity index (χ3n) is 13.7. The van der Waals surface area contributed by atoms with Crippen LogP contribution in [0, 0.1) is 32.3 Å². The molecule has 11 aromatic rings. The predicted molar refractivity (Wildman–Crippen MR) is 272 cm³/mol. The van der Waals surface area contributed by atoms with Gasteiger partial charge in [-0.1, -0.05) is 159 Å². The van der Waals surface area contributed by atoms with E-state index in [1.807, 2.05) is 18.2 Å². The van der Waals surface area contributed by atoms with Crippen LogP contribution in [0.2, 0.25) is 0 Å². The molecule has 0 saturated carbocycles. The Morgan fingerprint density at radius 3 is 1.90 bits per heavy atom. The van der Waals surface area contributed by atoms with Crippen LogP contribution in [0.3, 0.4) is 0 Å². The van der Waals surface area contributed by atoms with Crippen molar-refractivity contribution in [1.82, 2.24) is 14.1 Å². The molecule has 330 valence electrons. The van der Waals surface area contributed by atoms with E-state index >= 15 is 0 Å². The molecular formula is C60H44BN5OPt-2. The quantitative estimate of drug-likeness (QED) is 0.121. The monoisotopic (exact) mass is 1060 g/mol. The van der Waals surface area contributed by atoms with E-state index in [-0.39, 0.29) is 26.5 Å². The number of aryl methyl sites for hydroxylation is 2. The first kappa shape index (κ1) is 41.9. The molecule has 8 bridgehead atoms. The van der Waals surface area contributed by atoms with Crippen LogP contribution >= 0.6 is 0 Å². The number of para-hydroxylation sites is 3. The Kier molecular flexibility index (Phi) is 9.76. The minimum atomic E-state index is -0.529. The zero-order valence-corrected chi connectivity index (χ0v) is 40.6. The summed E-state index contributed by atoms with van der Waals surface area (Å²) in [5, 5.41) is 2.19. The van der Waals surface area contributed by atoms with Gasteiger partial charge < -0.3 is 23.2 Å². The van der Waals surface area contributed by atoms with E-state index in [2.05, 4.69) is 229 Å². The first-order chi connectivity index (χ1) is 32.7. The first-order valence-corrected chi connectivity index (χ1v) is 23.0. The largest absolute Gasteiger partial charge is 0.525 e. The van der Waals surface area contributed by atoms with Crippen LogP contribution < -0.4 is 19.5 Å². The fourth-order valence-corrected chi connectivity index (χ4v) is 10.7. The molecule has 0 saturated heterocycles. The smallest absolute Gasteiger partial charge is 0.510 e. The molecule has 68 heavy (non-hydrogen) atoms.